The van der Waals surface area contributed by atoms with Crippen LogP contribution in [-0.4, -0.2) is 51.6 Å². The summed E-state index contributed by atoms with van der Waals surface area (Å²) in [4.78, 5) is 20.8. The number of carbonyl (C=O) groups is 1. The number of rotatable bonds is 3. The fourth-order valence-electron chi connectivity index (χ4n) is 3.60. The van der Waals surface area contributed by atoms with Crippen molar-refractivity contribution in [3.05, 3.63) is 89.5 Å². The number of carbonyl (C=O) groups excluding carboxylic acids is 1. The van der Waals surface area contributed by atoms with Gasteiger partial charge in [-0.1, -0.05) is 54.1 Å². The van der Waals surface area contributed by atoms with Gasteiger partial charge in [-0.25, -0.2) is 9.78 Å². The Morgan fingerprint density at radius 1 is 0.926 bits per heavy atom. The molecule has 0 N–H and O–H groups in total. The zero-order valence-corrected chi connectivity index (χ0v) is 15.7. The van der Waals surface area contributed by atoms with Crippen LogP contribution >= 0.6 is 11.6 Å². The topological polar surface area (TPSA) is 41.4 Å². The van der Waals surface area contributed by atoms with Crippen molar-refractivity contribution < 1.29 is 4.79 Å². The van der Waals surface area contributed by atoms with Gasteiger partial charge in [-0.05, 0) is 23.3 Å². The van der Waals surface area contributed by atoms with Gasteiger partial charge in [-0.2, -0.15) is 0 Å². The molecule has 2 aromatic carbocycles. The van der Waals surface area contributed by atoms with Crippen molar-refractivity contribution in [2.24, 2.45) is 0 Å². The summed E-state index contributed by atoms with van der Waals surface area (Å²) in [6.07, 6.45) is 4.87. The Morgan fingerprint density at radius 3 is 2.22 bits per heavy atom. The lowest BCUT2D eigenvalue weighted by atomic mass is 9.96. The third kappa shape index (κ3) is 3.89. The van der Waals surface area contributed by atoms with Gasteiger partial charge in [0.1, 0.15) is 6.33 Å². The molecule has 0 spiro atoms. The second kappa shape index (κ2) is 7.94. The molecule has 1 aromatic heterocycles. The Balaban J connectivity index is 1.54. The molecule has 1 unspecified atom stereocenters. The van der Waals surface area contributed by atoms with Crippen molar-refractivity contribution in [3.63, 3.8) is 0 Å². The largest absolute Gasteiger partial charge is 0.329 e. The number of amides is 1. The molecule has 1 aliphatic rings. The van der Waals surface area contributed by atoms with Gasteiger partial charge in [0.15, 0.2) is 0 Å². The molecule has 0 aliphatic carbocycles. The molecule has 4 rings (SSSR count). The normalized spacial score (nSPS) is 16.3. The van der Waals surface area contributed by atoms with Crippen LogP contribution in [0.5, 0.6) is 0 Å². The van der Waals surface area contributed by atoms with Crippen LogP contribution in [-0.2, 0) is 0 Å². The van der Waals surface area contributed by atoms with Gasteiger partial charge in [0.25, 0.3) is 0 Å². The fourth-order valence-corrected chi connectivity index (χ4v) is 3.73. The van der Waals surface area contributed by atoms with Crippen LogP contribution in [0.1, 0.15) is 17.2 Å². The minimum atomic E-state index is -0.0186. The van der Waals surface area contributed by atoms with Gasteiger partial charge in [0.2, 0.25) is 0 Å². The van der Waals surface area contributed by atoms with Crippen molar-refractivity contribution in [2.75, 3.05) is 26.2 Å². The summed E-state index contributed by atoms with van der Waals surface area (Å²) in [7, 11) is 0. The SMILES string of the molecule is O=C(N1CCN(C(c2ccccc2)c2ccc(Cl)cc2)CC1)n1ccnc1. The van der Waals surface area contributed by atoms with Gasteiger partial charge < -0.3 is 4.90 Å². The van der Waals surface area contributed by atoms with Crippen LogP contribution in [0.2, 0.25) is 5.02 Å². The first-order valence-electron chi connectivity index (χ1n) is 9.04. The monoisotopic (exact) mass is 380 g/mol. The van der Waals surface area contributed by atoms with Crippen LogP contribution in [0.3, 0.4) is 0 Å². The van der Waals surface area contributed by atoms with Gasteiger partial charge in [-0.3, -0.25) is 9.47 Å². The third-order valence-corrected chi connectivity index (χ3v) is 5.23. The Labute approximate surface area is 163 Å². The molecule has 0 bridgehead atoms. The maximum atomic E-state index is 12.5. The van der Waals surface area contributed by atoms with E-state index < -0.39 is 0 Å². The van der Waals surface area contributed by atoms with E-state index in [2.05, 4.69) is 46.3 Å². The molecule has 2 heterocycles. The molecule has 1 saturated heterocycles. The van der Waals surface area contributed by atoms with E-state index in [1.165, 1.54) is 15.7 Å². The van der Waals surface area contributed by atoms with Gasteiger partial charge in [0, 0.05) is 43.6 Å². The Bertz CT molecular complexity index is 872. The van der Waals surface area contributed by atoms with Crippen molar-refractivity contribution in [1.82, 2.24) is 19.4 Å². The highest BCUT2D eigenvalue weighted by Crippen LogP contribution is 2.30. The van der Waals surface area contributed by atoms with E-state index >= 15 is 0 Å². The zero-order chi connectivity index (χ0) is 18.6. The maximum absolute atomic E-state index is 12.5. The first-order valence-corrected chi connectivity index (χ1v) is 9.42. The highest BCUT2D eigenvalue weighted by atomic mass is 35.5. The summed E-state index contributed by atoms with van der Waals surface area (Å²) in [5, 5.41) is 0.737. The van der Waals surface area contributed by atoms with E-state index in [1.54, 1.807) is 18.7 Å². The maximum Gasteiger partial charge on any atom is 0.329 e. The number of aromatic nitrogens is 2. The van der Waals surface area contributed by atoms with Crippen molar-refractivity contribution >= 4 is 17.6 Å². The molecule has 3 aromatic rings. The van der Waals surface area contributed by atoms with E-state index in [1.807, 2.05) is 23.1 Å². The van der Waals surface area contributed by atoms with Crippen molar-refractivity contribution in [2.45, 2.75) is 6.04 Å². The number of nitrogens with zero attached hydrogens (tertiary/aromatic N) is 4. The minimum Gasteiger partial charge on any atom is -0.321 e. The Hall–Kier alpha value is -2.63. The van der Waals surface area contributed by atoms with Gasteiger partial charge in [0.05, 0.1) is 6.04 Å². The number of hydrogen-bond donors (Lipinski definition) is 0. The fraction of sp³-hybridized carbons (Fsp3) is 0.238. The minimum absolute atomic E-state index is 0.0186. The van der Waals surface area contributed by atoms with E-state index in [0.717, 1.165) is 18.1 Å². The summed E-state index contributed by atoms with van der Waals surface area (Å²) in [5.74, 6) is 0. The number of benzene rings is 2. The van der Waals surface area contributed by atoms with Gasteiger partial charge >= 0.3 is 6.03 Å². The average Bonchev–Trinajstić information content (AvgIpc) is 3.25. The molecular formula is C21H21ClN4O. The molecule has 27 heavy (non-hydrogen) atoms. The molecule has 1 aliphatic heterocycles. The van der Waals surface area contributed by atoms with E-state index in [4.69, 9.17) is 11.6 Å². The quantitative estimate of drug-likeness (QED) is 0.691. The highest BCUT2D eigenvalue weighted by molar-refractivity contribution is 6.30. The lowest BCUT2D eigenvalue weighted by Gasteiger charge is -2.39. The molecule has 0 saturated carbocycles. The molecule has 1 atom stereocenters. The van der Waals surface area contributed by atoms with Crippen molar-refractivity contribution in [1.29, 1.82) is 0 Å². The predicted molar refractivity (Wildman–Crippen MR) is 106 cm³/mol. The smallest absolute Gasteiger partial charge is 0.321 e. The van der Waals surface area contributed by atoms with Crippen LogP contribution in [0, 0.1) is 0 Å². The summed E-state index contributed by atoms with van der Waals surface area (Å²) < 4.78 is 1.53. The standard InChI is InChI=1S/C21H21ClN4O/c22-19-8-6-18(7-9-19)20(17-4-2-1-3-5-17)24-12-14-25(15-13-24)21(27)26-11-10-23-16-26/h1-11,16,20H,12-15H2. The number of halogens is 1. The molecule has 1 amide bonds. The molecule has 1 fully saturated rings. The lowest BCUT2D eigenvalue weighted by molar-refractivity contribution is 0.121. The first kappa shape index (κ1) is 17.8. The predicted octanol–water partition coefficient (Wildman–Crippen LogP) is 3.91. The molecule has 0 radical (unpaired) electrons. The molecule has 6 heteroatoms. The molecular weight excluding hydrogens is 360 g/mol. The van der Waals surface area contributed by atoms with Crippen LogP contribution in [0.25, 0.3) is 0 Å². The summed E-state index contributed by atoms with van der Waals surface area (Å²) in [5.41, 5.74) is 2.45. The summed E-state index contributed by atoms with van der Waals surface area (Å²) >= 11 is 6.09. The zero-order valence-electron chi connectivity index (χ0n) is 14.9. The third-order valence-electron chi connectivity index (χ3n) is 4.98. The van der Waals surface area contributed by atoms with E-state index in [-0.39, 0.29) is 12.1 Å². The number of hydrogen-bond acceptors (Lipinski definition) is 3. The van der Waals surface area contributed by atoms with Crippen LogP contribution in [0.15, 0.2) is 73.3 Å². The second-order valence-electron chi connectivity index (χ2n) is 6.64. The average molecular weight is 381 g/mol. The number of piperazine rings is 1. The Morgan fingerprint density at radius 2 is 1.59 bits per heavy atom. The second-order valence-corrected chi connectivity index (χ2v) is 7.08. The highest BCUT2D eigenvalue weighted by Gasteiger charge is 2.28. The van der Waals surface area contributed by atoms with Crippen LogP contribution < -0.4 is 0 Å². The number of imidazole rings is 1. The van der Waals surface area contributed by atoms with Gasteiger partial charge in [-0.15, -0.1) is 0 Å². The molecule has 5 nitrogen and oxygen atoms in total. The van der Waals surface area contributed by atoms with E-state index in [9.17, 15) is 4.79 Å². The van der Waals surface area contributed by atoms with Crippen molar-refractivity contribution in [3.8, 4) is 0 Å². The Kier molecular flexibility index (Phi) is 5.23. The van der Waals surface area contributed by atoms with E-state index in [0.29, 0.717) is 13.1 Å². The lowest BCUT2D eigenvalue weighted by Crippen LogP contribution is -2.50. The summed E-state index contributed by atoms with van der Waals surface area (Å²) in [6.45, 7) is 2.99. The van der Waals surface area contributed by atoms with Crippen LogP contribution in [0.4, 0.5) is 4.79 Å². The summed E-state index contributed by atoms with van der Waals surface area (Å²) in [6, 6.07) is 18.6. The molecule has 138 valence electrons. The first-order chi connectivity index (χ1) is 13.2.